The molecule has 3 aromatic rings. The quantitative estimate of drug-likeness (QED) is 0.315. The lowest BCUT2D eigenvalue weighted by molar-refractivity contribution is 0.104. The Morgan fingerprint density at radius 3 is 2.46 bits per heavy atom. The minimum absolute atomic E-state index is 0.000293. The van der Waals surface area contributed by atoms with Crippen molar-refractivity contribution in [2.75, 3.05) is 0 Å². The van der Waals surface area contributed by atoms with E-state index in [1.54, 1.807) is 12.4 Å². The number of aromatic nitrogens is 1. The summed E-state index contributed by atoms with van der Waals surface area (Å²) in [7, 11) is 0. The third-order valence-electron chi connectivity index (χ3n) is 3.62. The van der Waals surface area contributed by atoms with E-state index in [4.69, 9.17) is 11.6 Å². The third kappa shape index (κ3) is 5.31. The summed E-state index contributed by atoms with van der Waals surface area (Å²) in [6.45, 7) is 0. The monoisotopic (exact) mass is 443 g/mol. The van der Waals surface area contributed by atoms with Crippen LogP contribution in [-0.4, -0.2) is 10.8 Å². The first-order chi connectivity index (χ1) is 12.6. The largest absolute Gasteiger partial charge is 0.288 e. The number of carbonyl (C=O) groups excluding carboxylic acids is 1. The van der Waals surface area contributed by atoms with Crippen molar-refractivity contribution in [3.05, 3.63) is 104 Å². The van der Waals surface area contributed by atoms with Crippen LogP contribution in [0.4, 0.5) is 0 Å². The fourth-order valence-electron chi connectivity index (χ4n) is 2.27. The Labute approximate surface area is 170 Å². The van der Waals surface area contributed by atoms with Gasteiger partial charge in [-0.15, -0.1) is 11.8 Å². The van der Waals surface area contributed by atoms with Crippen LogP contribution in [0, 0.1) is 0 Å². The van der Waals surface area contributed by atoms with Crippen LogP contribution in [0.3, 0.4) is 0 Å². The summed E-state index contributed by atoms with van der Waals surface area (Å²) in [5.41, 5.74) is 2.67. The van der Waals surface area contributed by atoms with Crippen molar-refractivity contribution in [1.82, 2.24) is 4.98 Å². The molecule has 0 aliphatic carbocycles. The number of hydrogen-bond acceptors (Lipinski definition) is 3. The molecule has 1 aromatic heterocycles. The lowest BCUT2D eigenvalue weighted by Gasteiger charge is -2.08. The number of hydrogen-bond donors (Lipinski definition) is 0. The molecule has 5 heteroatoms. The summed E-state index contributed by atoms with van der Waals surface area (Å²) in [6.07, 6.45) is 5.35. The molecule has 0 fully saturated rings. The van der Waals surface area contributed by atoms with Crippen LogP contribution in [0.25, 0.3) is 6.08 Å². The number of benzene rings is 2. The predicted octanol–water partition coefficient (Wildman–Crippen LogP) is 6.65. The van der Waals surface area contributed by atoms with E-state index in [1.807, 2.05) is 66.7 Å². The second-order valence-corrected chi connectivity index (χ2v) is 7.92. The number of allylic oxidation sites excluding steroid dienone is 1. The summed E-state index contributed by atoms with van der Waals surface area (Å²) in [5, 5.41) is 0.704. The molecule has 0 unspecified atom stereocenters. The molecule has 3 rings (SSSR count). The van der Waals surface area contributed by atoms with Gasteiger partial charge in [0.1, 0.15) is 0 Å². The first-order valence-corrected chi connectivity index (χ1v) is 10.1. The number of pyridine rings is 1. The van der Waals surface area contributed by atoms with Crippen molar-refractivity contribution in [3.63, 3.8) is 0 Å². The van der Waals surface area contributed by atoms with Crippen molar-refractivity contribution in [2.45, 2.75) is 5.75 Å². The van der Waals surface area contributed by atoms with Gasteiger partial charge in [-0.3, -0.25) is 9.78 Å². The highest BCUT2D eigenvalue weighted by atomic mass is 79.9. The van der Waals surface area contributed by atoms with Crippen molar-refractivity contribution in [3.8, 4) is 0 Å². The molecular formula is C21H15BrClNOS. The first-order valence-electron chi connectivity index (χ1n) is 7.91. The number of rotatable bonds is 6. The summed E-state index contributed by atoms with van der Waals surface area (Å²) < 4.78 is 0.945. The van der Waals surface area contributed by atoms with Crippen molar-refractivity contribution < 1.29 is 4.79 Å². The molecule has 26 heavy (non-hydrogen) atoms. The molecule has 0 saturated carbocycles. The van der Waals surface area contributed by atoms with Gasteiger partial charge in [0.2, 0.25) is 0 Å². The molecule has 0 aliphatic heterocycles. The smallest absolute Gasteiger partial charge is 0.199 e. The molecule has 2 aromatic carbocycles. The fraction of sp³-hybridized carbons (Fsp3) is 0.0476. The molecule has 0 atom stereocenters. The van der Waals surface area contributed by atoms with Crippen LogP contribution in [0.1, 0.15) is 21.5 Å². The first kappa shape index (κ1) is 18.9. The highest BCUT2D eigenvalue weighted by molar-refractivity contribution is 9.10. The second-order valence-electron chi connectivity index (χ2n) is 5.55. The van der Waals surface area contributed by atoms with E-state index in [2.05, 4.69) is 20.9 Å². The van der Waals surface area contributed by atoms with Gasteiger partial charge in [-0.25, -0.2) is 0 Å². The molecular weight excluding hydrogens is 430 g/mol. The second kappa shape index (κ2) is 9.17. The highest BCUT2D eigenvalue weighted by Crippen LogP contribution is 2.28. The van der Waals surface area contributed by atoms with E-state index in [0.717, 1.165) is 15.6 Å². The summed E-state index contributed by atoms with van der Waals surface area (Å²) in [4.78, 5) is 17.8. The van der Waals surface area contributed by atoms with Gasteiger partial charge in [-0.1, -0.05) is 45.7 Å². The van der Waals surface area contributed by atoms with Crippen LogP contribution < -0.4 is 0 Å². The average molecular weight is 445 g/mol. The predicted molar refractivity (Wildman–Crippen MR) is 113 cm³/mol. The molecule has 0 amide bonds. The third-order valence-corrected chi connectivity index (χ3v) is 5.49. The Hall–Kier alpha value is -1.88. The molecule has 0 N–H and O–H groups in total. The summed E-state index contributed by atoms with van der Waals surface area (Å²) in [5.74, 6) is 0.686. The lowest BCUT2D eigenvalue weighted by Crippen LogP contribution is -2.01. The maximum atomic E-state index is 13.0. The molecule has 0 aliphatic rings. The molecule has 0 saturated heterocycles. The van der Waals surface area contributed by atoms with Gasteiger partial charge < -0.3 is 0 Å². The minimum atomic E-state index is 0.000293. The van der Waals surface area contributed by atoms with Gasteiger partial charge in [-0.05, 0) is 59.7 Å². The average Bonchev–Trinajstić information content (AvgIpc) is 2.67. The standard InChI is InChI=1S/C21H15BrClNOS/c22-18-7-5-17(6-8-18)21(25)20(12-16-2-1-11-24-13-16)26-14-15-3-9-19(23)10-4-15/h1-13H,14H2. The Kier molecular flexibility index (Phi) is 6.67. The van der Waals surface area contributed by atoms with E-state index >= 15 is 0 Å². The zero-order chi connectivity index (χ0) is 18.4. The fourth-order valence-corrected chi connectivity index (χ4v) is 3.64. The Morgan fingerprint density at radius 2 is 1.81 bits per heavy atom. The molecule has 0 bridgehead atoms. The summed E-state index contributed by atoms with van der Waals surface area (Å²) >= 11 is 10.9. The van der Waals surface area contributed by atoms with Crippen molar-refractivity contribution in [1.29, 1.82) is 0 Å². The van der Waals surface area contributed by atoms with Crippen LogP contribution in [0.5, 0.6) is 0 Å². The number of ketones is 1. The van der Waals surface area contributed by atoms with Gasteiger partial charge in [0.25, 0.3) is 0 Å². The summed E-state index contributed by atoms with van der Waals surface area (Å²) in [6, 6.07) is 18.9. The molecule has 2 nitrogen and oxygen atoms in total. The number of nitrogens with zero attached hydrogens (tertiary/aromatic N) is 1. The van der Waals surface area contributed by atoms with Gasteiger partial charge >= 0.3 is 0 Å². The van der Waals surface area contributed by atoms with Crippen LogP contribution >= 0.6 is 39.3 Å². The van der Waals surface area contributed by atoms with Crippen LogP contribution in [0.2, 0.25) is 5.02 Å². The topological polar surface area (TPSA) is 30.0 Å². The molecule has 130 valence electrons. The van der Waals surface area contributed by atoms with Gasteiger partial charge in [0, 0.05) is 33.2 Å². The van der Waals surface area contributed by atoms with Crippen molar-refractivity contribution >= 4 is 51.2 Å². The number of thioether (sulfide) groups is 1. The highest BCUT2D eigenvalue weighted by Gasteiger charge is 2.13. The molecule has 1 heterocycles. The Bertz CT molecular complexity index is 909. The van der Waals surface area contributed by atoms with E-state index in [9.17, 15) is 4.79 Å². The zero-order valence-corrected chi connectivity index (χ0v) is 16.9. The molecule has 0 radical (unpaired) electrons. The van der Waals surface area contributed by atoms with Gasteiger partial charge in [0.05, 0.1) is 4.91 Å². The van der Waals surface area contributed by atoms with E-state index in [-0.39, 0.29) is 5.78 Å². The Balaban J connectivity index is 1.86. The minimum Gasteiger partial charge on any atom is -0.288 e. The van der Waals surface area contributed by atoms with E-state index < -0.39 is 0 Å². The van der Waals surface area contributed by atoms with Crippen molar-refractivity contribution in [2.24, 2.45) is 0 Å². The number of halogens is 2. The lowest BCUT2D eigenvalue weighted by atomic mass is 10.1. The zero-order valence-electron chi connectivity index (χ0n) is 13.7. The van der Waals surface area contributed by atoms with E-state index in [1.165, 1.54) is 11.8 Å². The van der Waals surface area contributed by atoms with Crippen LogP contribution in [-0.2, 0) is 5.75 Å². The normalized spacial score (nSPS) is 11.4. The van der Waals surface area contributed by atoms with Crippen LogP contribution in [0.15, 0.2) is 82.4 Å². The Morgan fingerprint density at radius 1 is 1.08 bits per heavy atom. The number of Topliss-reactive ketones (excluding diaryl/α,β-unsaturated/α-hetero) is 1. The maximum Gasteiger partial charge on any atom is 0.199 e. The van der Waals surface area contributed by atoms with Gasteiger partial charge in [0.15, 0.2) is 5.78 Å². The van der Waals surface area contributed by atoms with E-state index in [0.29, 0.717) is 21.2 Å². The SMILES string of the molecule is O=C(C(=Cc1cccnc1)SCc1ccc(Cl)cc1)c1ccc(Br)cc1. The molecule has 0 spiro atoms. The maximum absolute atomic E-state index is 13.0. The van der Waals surface area contributed by atoms with Gasteiger partial charge in [-0.2, -0.15) is 0 Å². The number of carbonyl (C=O) groups is 1.